The lowest BCUT2D eigenvalue weighted by Gasteiger charge is -2.14. The van der Waals surface area contributed by atoms with Crippen molar-refractivity contribution in [1.29, 1.82) is 0 Å². The fourth-order valence-corrected chi connectivity index (χ4v) is 2.71. The molecule has 6 heteroatoms. The topological polar surface area (TPSA) is 69.9 Å². The van der Waals surface area contributed by atoms with Gasteiger partial charge in [-0.1, -0.05) is 24.3 Å². The van der Waals surface area contributed by atoms with Gasteiger partial charge in [-0.15, -0.1) is 0 Å². The normalized spacial score (nSPS) is 11.5. The Hall–Kier alpha value is -3.41. The summed E-state index contributed by atoms with van der Waals surface area (Å²) in [5.41, 5.74) is 0.973. The number of carbonyl (C=O) groups excluding carboxylic acids is 1. The molecule has 1 unspecified atom stereocenters. The summed E-state index contributed by atoms with van der Waals surface area (Å²) < 4.78 is 21.7. The lowest BCUT2D eigenvalue weighted by molar-refractivity contribution is 0.0907. The molecule has 0 spiro atoms. The molecule has 2 aromatic carbocycles. The van der Waals surface area contributed by atoms with Crippen molar-refractivity contribution >= 4 is 5.91 Å². The van der Waals surface area contributed by atoms with Crippen LogP contribution in [0, 0.1) is 0 Å². The first-order chi connectivity index (χ1) is 13.6. The zero-order valence-corrected chi connectivity index (χ0v) is 16.1. The quantitative estimate of drug-likeness (QED) is 0.628. The fraction of sp³-hybridized carbons (Fsp3) is 0.227. The Kier molecular flexibility index (Phi) is 6.22. The van der Waals surface area contributed by atoms with Gasteiger partial charge in [0.2, 0.25) is 0 Å². The van der Waals surface area contributed by atoms with Crippen LogP contribution >= 0.6 is 0 Å². The number of hydrogen-bond acceptors (Lipinski definition) is 5. The molecule has 1 aromatic heterocycles. The van der Waals surface area contributed by atoms with Crippen LogP contribution in [-0.4, -0.2) is 20.1 Å². The maximum Gasteiger partial charge on any atom is 0.287 e. The molecule has 0 saturated heterocycles. The first-order valence-corrected chi connectivity index (χ1v) is 8.90. The van der Waals surface area contributed by atoms with Crippen LogP contribution in [0.25, 0.3) is 0 Å². The lowest BCUT2D eigenvalue weighted by Crippen LogP contribution is -2.26. The minimum Gasteiger partial charge on any atom is -0.497 e. The summed E-state index contributed by atoms with van der Waals surface area (Å²) in [5.74, 6) is 2.52. The highest BCUT2D eigenvalue weighted by atomic mass is 16.5. The molecule has 1 N–H and O–H groups in total. The number of amides is 1. The first-order valence-electron chi connectivity index (χ1n) is 8.90. The van der Waals surface area contributed by atoms with Gasteiger partial charge in [0.15, 0.2) is 17.3 Å². The minimum absolute atomic E-state index is 0.170. The first kappa shape index (κ1) is 19.4. The Morgan fingerprint density at radius 2 is 1.68 bits per heavy atom. The van der Waals surface area contributed by atoms with Gasteiger partial charge in [-0.05, 0) is 48.9 Å². The van der Waals surface area contributed by atoms with Crippen LogP contribution in [0.5, 0.6) is 17.2 Å². The highest BCUT2D eigenvalue weighted by molar-refractivity contribution is 5.91. The molecular weight excluding hydrogens is 358 g/mol. The fourth-order valence-electron chi connectivity index (χ4n) is 2.71. The second-order valence-electron chi connectivity index (χ2n) is 6.17. The predicted molar refractivity (Wildman–Crippen MR) is 105 cm³/mol. The van der Waals surface area contributed by atoms with E-state index in [2.05, 4.69) is 5.32 Å². The van der Waals surface area contributed by atoms with Gasteiger partial charge in [0, 0.05) is 0 Å². The Bertz CT molecular complexity index is 917. The lowest BCUT2D eigenvalue weighted by atomic mass is 10.1. The number of benzene rings is 2. The van der Waals surface area contributed by atoms with Crippen molar-refractivity contribution in [2.45, 2.75) is 19.6 Å². The van der Waals surface area contributed by atoms with Crippen molar-refractivity contribution in [2.24, 2.45) is 0 Å². The van der Waals surface area contributed by atoms with Crippen LogP contribution in [0.2, 0.25) is 0 Å². The number of carbonyl (C=O) groups is 1. The second kappa shape index (κ2) is 8.99. The van der Waals surface area contributed by atoms with E-state index in [1.54, 1.807) is 26.4 Å². The Labute approximate surface area is 164 Å². The van der Waals surface area contributed by atoms with E-state index in [9.17, 15) is 4.79 Å². The third-order valence-electron chi connectivity index (χ3n) is 4.29. The average molecular weight is 381 g/mol. The summed E-state index contributed by atoms with van der Waals surface area (Å²) in [4.78, 5) is 12.4. The van der Waals surface area contributed by atoms with Crippen molar-refractivity contribution in [3.63, 3.8) is 0 Å². The van der Waals surface area contributed by atoms with Crippen molar-refractivity contribution in [3.05, 3.63) is 77.7 Å². The number of nitrogens with one attached hydrogen (secondary N) is 1. The molecule has 0 bridgehead atoms. The Morgan fingerprint density at radius 3 is 2.36 bits per heavy atom. The van der Waals surface area contributed by atoms with Crippen molar-refractivity contribution in [1.82, 2.24) is 5.32 Å². The third-order valence-corrected chi connectivity index (χ3v) is 4.29. The smallest absolute Gasteiger partial charge is 0.287 e. The molecule has 0 fully saturated rings. The molecule has 0 aliphatic heterocycles. The van der Waals surface area contributed by atoms with E-state index in [1.807, 2.05) is 55.5 Å². The molecule has 0 radical (unpaired) electrons. The SMILES string of the molecule is COc1ccc(C(C)NC(=O)c2ccc(COc3ccccc3OC)o2)cc1. The van der Waals surface area contributed by atoms with Gasteiger partial charge in [-0.25, -0.2) is 0 Å². The van der Waals surface area contributed by atoms with Gasteiger partial charge < -0.3 is 23.9 Å². The largest absolute Gasteiger partial charge is 0.497 e. The average Bonchev–Trinajstić information content (AvgIpc) is 3.21. The molecular formula is C22H23NO5. The zero-order valence-electron chi connectivity index (χ0n) is 16.1. The molecule has 1 amide bonds. The highest BCUT2D eigenvalue weighted by Crippen LogP contribution is 2.27. The molecule has 1 atom stereocenters. The minimum atomic E-state index is -0.285. The Morgan fingerprint density at radius 1 is 0.964 bits per heavy atom. The van der Waals surface area contributed by atoms with Crippen LogP contribution in [0.3, 0.4) is 0 Å². The summed E-state index contributed by atoms with van der Waals surface area (Å²) >= 11 is 0. The molecule has 1 heterocycles. The number of furan rings is 1. The summed E-state index contributed by atoms with van der Waals surface area (Å²) in [6.07, 6.45) is 0. The molecule has 146 valence electrons. The van der Waals surface area contributed by atoms with Crippen LogP contribution in [0.1, 0.15) is 34.8 Å². The van der Waals surface area contributed by atoms with Gasteiger partial charge in [-0.3, -0.25) is 4.79 Å². The van der Waals surface area contributed by atoms with Crippen LogP contribution in [0.4, 0.5) is 0 Å². The van der Waals surface area contributed by atoms with E-state index in [-0.39, 0.29) is 24.3 Å². The molecule has 3 rings (SSSR count). The maximum atomic E-state index is 12.4. The van der Waals surface area contributed by atoms with Crippen molar-refractivity contribution in [3.8, 4) is 17.2 Å². The predicted octanol–water partition coefficient (Wildman–Crippen LogP) is 4.37. The van der Waals surface area contributed by atoms with Crippen LogP contribution in [0.15, 0.2) is 65.1 Å². The van der Waals surface area contributed by atoms with Crippen LogP contribution in [-0.2, 0) is 6.61 Å². The van der Waals surface area contributed by atoms with Gasteiger partial charge in [0.1, 0.15) is 18.1 Å². The molecule has 6 nitrogen and oxygen atoms in total. The molecule has 28 heavy (non-hydrogen) atoms. The van der Waals surface area contributed by atoms with Gasteiger partial charge in [-0.2, -0.15) is 0 Å². The summed E-state index contributed by atoms with van der Waals surface area (Å²) in [7, 11) is 3.20. The van der Waals surface area contributed by atoms with E-state index in [0.29, 0.717) is 17.3 Å². The number of hydrogen-bond donors (Lipinski definition) is 1. The van der Waals surface area contributed by atoms with E-state index in [1.165, 1.54) is 0 Å². The van der Waals surface area contributed by atoms with E-state index < -0.39 is 0 Å². The standard InChI is InChI=1S/C22H23NO5/c1-15(16-8-10-17(25-2)11-9-16)23-22(24)21-13-12-18(28-21)14-27-20-7-5-4-6-19(20)26-3/h4-13,15H,14H2,1-3H3,(H,23,24). The maximum absolute atomic E-state index is 12.4. The van der Waals surface area contributed by atoms with Crippen molar-refractivity contribution in [2.75, 3.05) is 14.2 Å². The molecule has 0 aliphatic rings. The van der Waals surface area contributed by atoms with Gasteiger partial charge in [0.25, 0.3) is 5.91 Å². The van der Waals surface area contributed by atoms with Crippen LogP contribution < -0.4 is 19.5 Å². The monoisotopic (exact) mass is 381 g/mol. The second-order valence-corrected chi connectivity index (χ2v) is 6.17. The number of rotatable bonds is 8. The number of para-hydroxylation sites is 2. The molecule has 3 aromatic rings. The zero-order chi connectivity index (χ0) is 19.9. The van der Waals surface area contributed by atoms with E-state index in [4.69, 9.17) is 18.6 Å². The van der Waals surface area contributed by atoms with Crippen molar-refractivity contribution < 1.29 is 23.4 Å². The Balaban J connectivity index is 1.58. The summed E-state index contributed by atoms with van der Waals surface area (Å²) in [5, 5.41) is 2.92. The molecule has 0 aliphatic carbocycles. The third kappa shape index (κ3) is 4.65. The van der Waals surface area contributed by atoms with Gasteiger partial charge >= 0.3 is 0 Å². The number of methoxy groups -OCH3 is 2. The van der Waals surface area contributed by atoms with Gasteiger partial charge in [0.05, 0.1) is 20.3 Å². The molecule has 0 saturated carbocycles. The number of ether oxygens (including phenoxy) is 3. The summed E-state index contributed by atoms with van der Waals surface area (Å²) in [6, 6.07) is 18.1. The van der Waals surface area contributed by atoms with E-state index >= 15 is 0 Å². The highest BCUT2D eigenvalue weighted by Gasteiger charge is 2.15. The van der Waals surface area contributed by atoms with E-state index in [0.717, 1.165) is 11.3 Å². The summed E-state index contributed by atoms with van der Waals surface area (Å²) in [6.45, 7) is 2.11.